The van der Waals surface area contributed by atoms with Gasteiger partial charge in [-0.15, -0.1) is 10.2 Å². The molecule has 0 radical (unpaired) electrons. The number of pyridine rings is 1. The largest absolute Gasteiger partial charge is 0.497 e. The molecule has 0 saturated heterocycles. The zero-order valence-electron chi connectivity index (χ0n) is 15.4. The van der Waals surface area contributed by atoms with Gasteiger partial charge in [0.25, 0.3) is 5.56 Å². The summed E-state index contributed by atoms with van der Waals surface area (Å²) in [4.78, 5) is 24.8. The van der Waals surface area contributed by atoms with Gasteiger partial charge in [0.05, 0.1) is 18.4 Å². The zero-order chi connectivity index (χ0) is 19.4. The van der Waals surface area contributed by atoms with Crippen LogP contribution in [0.2, 0.25) is 0 Å². The number of carbonyl (C=O) groups excluding carboxylic acids is 1. The molecule has 8 heteroatoms. The van der Waals surface area contributed by atoms with E-state index in [-0.39, 0.29) is 17.1 Å². The van der Waals surface area contributed by atoms with Crippen molar-refractivity contribution in [3.63, 3.8) is 0 Å². The Kier molecular flexibility index (Phi) is 5.75. The number of ketones is 1. The fourth-order valence-electron chi connectivity index (χ4n) is 2.62. The topological polar surface area (TPSA) is 79.0 Å². The summed E-state index contributed by atoms with van der Waals surface area (Å²) in [5, 5.41) is 8.87. The van der Waals surface area contributed by atoms with Crippen LogP contribution in [0.1, 0.15) is 17.3 Å². The van der Waals surface area contributed by atoms with Gasteiger partial charge in [0, 0.05) is 25.4 Å². The second-order valence-corrected chi connectivity index (χ2v) is 6.76. The maximum atomic E-state index is 12.5. The molecule has 0 bridgehead atoms. The van der Waals surface area contributed by atoms with E-state index in [0.717, 1.165) is 0 Å². The number of aryl methyl sites for hydroxylation is 1. The molecule has 2 heterocycles. The Morgan fingerprint density at radius 1 is 1.19 bits per heavy atom. The fraction of sp³-hybridized carbons (Fsp3) is 0.263. The zero-order valence-corrected chi connectivity index (χ0v) is 16.2. The molecular weight excluding hydrogens is 364 g/mol. The third-order valence-corrected chi connectivity index (χ3v) is 5.20. The minimum Gasteiger partial charge on any atom is -0.497 e. The van der Waals surface area contributed by atoms with Crippen LogP contribution < -0.4 is 10.3 Å². The number of hydrogen-bond donors (Lipinski definition) is 0. The molecule has 0 aliphatic carbocycles. The molecule has 3 rings (SSSR count). The van der Waals surface area contributed by atoms with E-state index >= 15 is 0 Å². The molecule has 0 unspecified atom stereocenters. The number of Topliss-reactive ketones (excluding diaryl/α,β-unsaturated/α-hetero) is 1. The van der Waals surface area contributed by atoms with Crippen molar-refractivity contribution in [1.82, 2.24) is 19.3 Å². The van der Waals surface area contributed by atoms with Gasteiger partial charge in [-0.25, -0.2) is 0 Å². The molecule has 27 heavy (non-hydrogen) atoms. The quantitative estimate of drug-likeness (QED) is 0.460. The van der Waals surface area contributed by atoms with E-state index in [1.54, 1.807) is 59.8 Å². The van der Waals surface area contributed by atoms with Gasteiger partial charge in [-0.1, -0.05) is 11.8 Å². The Morgan fingerprint density at radius 2 is 1.93 bits per heavy atom. The van der Waals surface area contributed by atoms with E-state index in [0.29, 0.717) is 34.4 Å². The molecule has 0 spiro atoms. The Balaban J connectivity index is 1.76. The highest BCUT2D eigenvalue weighted by molar-refractivity contribution is 7.99. The van der Waals surface area contributed by atoms with Gasteiger partial charge in [0.1, 0.15) is 5.75 Å². The van der Waals surface area contributed by atoms with Crippen molar-refractivity contribution < 1.29 is 9.53 Å². The smallest absolute Gasteiger partial charge is 0.261 e. The van der Waals surface area contributed by atoms with E-state index in [1.807, 2.05) is 13.0 Å². The van der Waals surface area contributed by atoms with Crippen molar-refractivity contribution in [2.75, 3.05) is 12.9 Å². The number of benzene rings is 1. The van der Waals surface area contributed by atoms with Crippen LogP contribution in [-0.2, 0) is 13.6 Å². The first-order chi connectivity index (χ1) is 13.0. The molecule has 1 aromatic carbocycles. The monoisotopic (exact) mass is 384 g/mol. The lowest BCUT2D eigenvalue weighted by Crippen LogP contribution is -2.20. The lowest BCUT2D eigenvalue weighted by molar-refractivity contribution is 0.102. The number of ether oxygens (including phenoxy) is 1. The molecule has 7 nitrogen and oxygen atoms in total. The van der Waals surface area contributed by atoms with E-state index in [2.05, 4.69) is 10.2 Å². The number of carbonyl (C=O) groups is 1. The number of aromatic nitrogens is 4. The van der Waals surface area contributed by atoms with E-state index in [4.69, 9.17) is 4.74 Å². The third kappa shape index (κ3) is 3.95. The number of rotatable bonds is 7. The molecule has 2 aromatic heterocycles. The highest BCUT2D eigenvalue weighted by Gasteiger charge is 2.16. The molecule has 0 aliphatic heterocycles. The van der Waals surface area contributed by atoms with Crippen molar-refractivity contribution in [3.05, 3.63) is 58.5 Å². The summed E-state index contributed by atoms with van der Waals surface area (Å²) < 4.78 is 8.45. The normalized spacial score (nSPS) is 10.8. The van der Waals surface area contributed by atoms with Crippen LogP contribution in [0.3, 0.4) is 0 Å². The molecule has 0 N–H and O–H groups in total. The highest BCUT2D eigenvalue weighted by atomic mass is 32.2. The minimum absolute atomic E-state index is 0.0137. The Labute approximate surface area is 161 Å². The van der Waals surface area contributed by atoms with Crippen LogP contribution in [0.25, 0.3) is 11.4 Å². The predicted octanol–water partition coefficient (Wildman–Crippen LogP) is 2.65. The Hall–Kier alpha value is -2.87. The number of methoxy groups -OCH3 is 1. The first-order valence-corrected chi connectivity index (χ1v) is 9.43. The number of hydrogen-bond acceptors (Lipinski definition) is 6. The van der Waals surface area contributed by atoms with Crippen LogP contribution >= 0.6 is 11.8 Å². The van der Waals surface area contributed by atoms with Crippen molar-refractivity contribution >= 4 is 17.5 Å². The first-order valence-electron chi connectivity index (χ1n) is 8.44. The first kappa shape index (κ1) is 18.9. The molecule has 0 aliphatic rings. The lowest BCUT2D eigenvalue weighted by atomic mass is 10.1. The minimum atomic E-state index is -0.110. The summed E-state index contributed by atoms with van der Waals surface area (Å²) >= 11 is 1.29. The third-order valence-electron chi connectivity index (χ3n) is 4.18. The van der Waals surface area contributed by atoms with Gasteiger partial charge in [0.15, 0.2) is 16.8 Å². The van der Waals surface area contributed by atoms with Crippen LogP contribution in [0.4, 0.5) is 0 Å². The summed E-state index contributed by atoms with van der Waals surface area (Å²) in [5.41, 5.74) is 0.989. The average molecular weight is 384 g/mol. The molecule has 0 atom stereocenters. The van der Waals surface area contributed by atoms with Crippen LogP contribution in [0, 0.1) is 0 Å². The molecule has 140 valence electrons. The van der Waals surface area contributed by atoms with Gasteiger partial charge < -0.3 is 13.9 Å². The van der Waals surface area contributed by atoms with Crippen molar-refractivity contribution in [2.24, 2.45) is 7.05 Å². The number of nitrogens with zero attached hydrogens (tertiary/aromatic N) is 4. The van der Waals surface area contributed by atoms with Gasteiger partial charge >= 0.3 is 0 Å². The Morgan fingerprint density at radius 3 is 2.59 bits per heavy atom. The van der Waals surface area contributed by atoms with Gasteiger partial charge in [0.2, 0.25) is 0 Å². The second-order valence-electron chi connectivity index (χ2n) is 5.82. The van der Waals surface area contributed by atoms with Crippen molar-refractivity contribution in [2.45, 2.75) is 18.6 Å². The van der Waals surface area contributed by atoms with Gasteiger partial charge in [-0.05, 0) is 43.3 Å². The summed E-state index contributed by atoms with van der Waals surface area (Å²) in [6.07, 6.45) is 1.74. The predicted molar refractivity (Wildman–Crippen MR) is 104 cm³/mol. The molecule has 3 aromatic rings. The van der Waals surface area contributed by atoms with Crippen LogP contribution in [0.15, 0.2) is 52.5 Å². The summed E-state index contributed by atoms with van der Waals surface area (Å²) in [7, 11) is 3.37. The maximum absolute atomic E-state index is 12.5. The molecular formula is C19H20N4O3S. The SMILES string of the molecule is CCn1cccc(-c2nnc(SCC(=O)c3ccc(OC)cc3)n2C)c1=O. The number of thioether (sulfide) groups is 1. The van der Waals surface area contributed by atoms with Crippen LogP contribution in [-0.4, -0.2) is 38.0 Å². The highest BCUT2D eigenvalue weighted by Crippen LogP contribution is 2.22. The lowest BCUT2D eigenvalue weighted by Gasteiger charge is -2.06. The maximum Gasteiger partial charge on any atom is 0.261 e. The molecule has 0 amide bonds. The Bertz CT molecular complexity index is 1010. The average Bonchev–Trinajstić information content (AvgIpc) is 3.06. The summed E-state index contributed by atoms with van der Waals surface area (Å²) in [6, 6.07) is 10.5. The van der Waals surface area contributed by atoms with E-state index in [1.165, 1.54) is 11.8 Å². The summed E-state index contributed by atoms with van der Waals surface area (Å²) in [5.74, 6) is 1.41. The standard InChI is InChI=1S/C19H20N4O3S/c1-4-23-11-5-6-15(18(23)25)17-20-21-19(22(17)2)27-12-16(24)13-7-9-14(26-3)10-8-13/h5-11H,4,12H2,1-3H3. The fourth-order valence-corrected chi connectivity index (χ4v) is 3.43. The van der Waals surface area contributed by atoms with Crippen molar-refractivity contribution in [3.8, 4) is 17.1 Å². The van der Waals surface area contributed by atoms with Gasteiger partial charge in [-0.2, -0.15) is 0 Å². The molecule has 0 saturated carbocycles. The van der Waals surface area contributed by atoms with E-state index < -0.39 is 0 Å². The second kappa shape index (κ2) is 8.22. The van der Waals surface area contributed by atoms with Crippen LogP contribution in [0.5, 0.6) is 5.75 Å². The van der Waals surface area contributed by atoms with Gasteiger partial charge in [-0.3, -0.25) is 9.59 Å². The molecule has 0 fully saturated rings. The summed E-state index contributed by atoms with van der Waals surface area (Å²) in [6.45, 7) is 2.50. The van der Waals surface area contributed by atoms with Crippen molar-refractivity contribution in [1.29, 1.82) is 0 Å². The van der Waals surface area contributed by atoms with E-state index in [9.17, 15) is 9.59 Å².